The van der Waals surface area contributed by atoms with Crippen LogP contribution in [0.4, 0.5) is 14.6 Å². The average Bonchev–Trinajstić information content (AvgIpc) is 3.05. The molecule has 1 aliphatic carbocycles. The lowest BCUT2D eigenvalue weighted by Gasteiger charge is -2.37. The van der Waals surface area contributed by atoms with Crippen molar-refractivity contribution >= 4 is 23.3 Å². The van der Waals surface area contributed by atoms with Crippen molar-refractivity contribution in [2.75, 3.05) is 37.6 Å². The summed E-state index contributed by atoms with van der Waals surface area (Å²) in [6.07, 6.45) is 0.787. The molecule has 4 rings (SSSR count). The van der Waals surface area contributed by atoms with E-state index in [-0.39, 0.29) is 23.4 Å². The van der Waals surface area contributed by atoms with E-state index in [4.69, 9.17) is 17.3 Å². The molecule has 0 spiro atoms. The third-order valence-electron chi connectivity index (χ3n) is 6.01. The molecular formula is C21H24ClF2N5O. The van der Waals surface area contributed by atoms with Crippen LogP contribution in [0.5, 0.6) is 0 Å². The number of carbonyl (C=O) groups excluding carboxylic acids is 1. The molecule has 1 aromatic carbocycles. The lowest BCUT2D eigenvalue weighted by Crippen LogP contribution is -2.51. The largest absolute Gasteiger partial charge is 0.353 e. The summed E-state index contributed by atoms with van der Waals surface area (Å²) in [7, 11) is 0. The summed E-state index contributed by atoms with van der Waals surface area (Å²) in [4.78, 5) is 25.4. The predicted molar refractivity (Wildman–Crippen MR) is 111 cm³/mol. The van der Waals surface area contributed by atoms with Gasteiger partial charge in [-0.2, -0.15) is 0 Å². The number of aromatic nitrogens is 2. The number of piperazine rings is 1. The zero-order valence-electron chi connectivity index (χ0n) is 16.7. The van der Waals surface area contributed by atoms with Crippen LogP contribution >= 0.6 is 11.6 Å². The number of nitrogens with zero attached hydrogens (tertiary/aromatic N) is 4. The van der Waals surface area contributed by atoms with E-state index < -0.39 is 17.9 Å². The van der Waals surface area contributed by atoms with Crippen molar-refractivity contribution in [3.63, 3.8) is 0 Å². The number of fused-ring (bicyclic) bond motifs is 1. The molecule has 1 aromatic heterocycles. The first-order chi connectivity index (χ1) is 14.4. The van der Waals surface area contributed by atoms with E-state index in [9.17, 15) is 13.6 Å². The molecule has 3 atom stereocenters. The minimum absolute atomic E-state index is 0.0118. The van der Waals surface area contributed by atoms with Crippen molar-refractivity contribution in [2.24, 2.45) is 5.73 Å². The van der Waals surface area contributed by atoms with Gasteiger partial charge in [0.25, 0.3) is 0 Å². The van der Waals surface area contributed by atoms with Crippen LogP contribution in [0.3, 0.4) is 0 Å². The average molecular weight is 436 g/mol. The molecule has 0 bridgehead atoms. The third kappa shape index (κ3) is 3.74. The summed E-state index contributed by atoms with van der Waals surface area (Å²) < 4.78 is 28.1. The normalized spacial score (nSPS) is 22.2. The maximum absolute atomic E-state index is 14.2. The Bertz CT molecular complexity index is 951. The minimum Gasteiger partial charge on any atom is -0.353 e. The first-order valence-electron chi connectivity index (χ1n) is 10.1. The van der Waals surface area contributed by atoms with Gasteiger partial charge < -0.3 is 15.5 Å². The summed E-state index contributed by atoms with van der Waals surface area (Å²) in [5, 5.41) is 0.0118. The Hall–Kier alpha value is -2.32. The minimum atomic E-state index is -1.05. The fraction of sp³-hybridized carbons (Fsp3) is 0.476. The quantitative estimate of drug-likeness (QED) is 0.798. The lowest BCUT2D eigenvalue weighted by atomic mass is 9.97. The number of carbonyl (C=O) groups is 1. The monoisotopic (exact) mass is 435 g/mol. The maximum atomic E-state index is 14.2. The van der Waals surface area contributed by atoms with Gasteiger partial charge in [-0.3, -0.25) is 4.79 Å². The van der Waals surface area contributed by atoms with Crippen LogP contribution < -0.4 is 10.6 Å². The first kappa shape index (κ1) is 20.9. The van der Waals surface area contributed by atoms with Gasteiger partial charge in [0.1, 0.15) is 24.1 Å². The van der Waals surface area contributed by atoms with Gasteiger partial charge in [-0.25, -0.2) is 18.7 Å². The van der Waals surface area contributed by atoms with E-state index in [1.165, 1.54) is 18.5 Å². The van der Waals surface area contributed by atoms with E-state index >= 15 is 0 Å². The Labute approximate surface area is 179 Å². The maximum Gasteiger partial charge on any atom is 0.231 e. The molecule has 1 unspecified atom stereocenters. The van der Waals surface area contributed by atoms with E-state index in [1.807, 2.05) is 6.92 Å². The van der Waals surface area contributed by atoms with Crippen LogP contribution in [0.2, 0.25) is 5.02 Å². The molecule has 9 heteroatoms. The summed E-state index contributed by atoms with van der Waals surface area (Å²) in [5.74, 6) is -0.506. The summed E-state index contributed by atoms with van der Waals surface area (Å²) in [6.45, 7) is 4.18. The molecule has 2 N–H and O–H groups in total. The molecule has 1 amide bonds. The van der Waals surface area contributed by atoms with E-state index in [0.29, 0.717) is 43.9 Å². The number of nitrogens with two attached hydrogens (primary N) is 1. The second kappa shape index (κ2) is 8.43. The smallest absolute Gasteiger partial charge is 0.231 e. The molecule has 1 saturated heterocycles. The van der Waals surface area contributed by atoms with Crippen LogP contribution in [-0.2, 0) is 4.79 Å². The predicted octanol–water partition coefficient (Wildman–Crippen LogP) is 3.18. The van der Waals surface area contributed by atoms with Gasteiger partial charge in [0, 0.05) is 38.3 Å². The second-order valence-electron chi connectivity index (χ2n) is 7.87. The van der Waals surface area contributed by atoms with Gasteiger partial charge in [-0.1, -0.05) is 24.6 Å². The van der Waals surface area contributed by atoms with Crippen LogP contribution in [0.25, 0.3) is 0 Å². The molecule has 0 saturated carbocycles. The van der Waals surface area contributed by atoms with Crippen molar-refractivity contribution in [3.8, 4) is 0 Å². The second-order valence-corrected chi connectivity index (χ2v) is 8.28. The Balaban J connectivity index is 1.47. The molecule has 2 aromatic rings. The fourth-order valence-corrected chi connectivity index (χ4v) is 4.50. The van der Waals surface area contributed by atoms with Gasteiger partial charge >= 0.3 is 0 Å². The Kier molecular flexibility index (Phi) is 5.88. The summed E-state index contributed by atoms with van der Waals surface area (Å²) in [6, 6.07) is 4.35. The van der Waals surface area contributed by atoms with Crippen molar-refractivity contribution in [2.45, 2.75) is 31.4 Å². The molecule has 30 heavy (non-hydrogen) atoms. The first-order valence-corrected chi connectivity index (χ1v) is 10.5. The Morgan fingerprint density at radius 3 is 2.70 bits per heavy atom. The number of alkyl halides is 1. The Morgan fingerprint density at radius 2 is 2.03 bits per heavy atom. The van der Waals surface area contributed by atoms with Crippen LogP contribution in [0.1, 0.15) is 48.2 Å². The van der Waals surface area contributed by atoms with Crippen molar-refractivity contribution in [3.05, 3.63) is 52.2 Å². The molecule has 1 aliphatic heterocycles. The zero-order chi connectivity index (χ0) is 21.4. The van der Waals surface area contributed by atoms with Gasteiger partial charge in [-0.05, 0) is 30.0 Å². The number of rotatable bonds is 4. The molecule has 2 aliphatic rings. The van der Waals surface area contributed by atoms with Crippen LogP contribution in [-0.4, -0.2) is 53.5 Å². The molecule has 6 nitrogen and oxygen atoms in total. The standard InChI is InChI=1S/C21H24ClF2N5O/c1-12-8-17(24)19-18(12)20(27-11-26-19)28-4-6-29(7-5-28)21(30)14(10-25)13-2-3-15(22)16(23)9-13/h2-3,9,11-12,14,17H,4-8,10,25H2,1H3/t12-,14?,17-/m1/s1. The number of benzene rings is 1. The van der Waals surface area contributed by atoms with Crippen LogP contribution in [0, 0.1) is 5.82 Å². The number of amides is 1. The van der Waals surface area contributed by atoms with Crippen molar-refractivity contribution in [1.29, 1.82) is 0 Å². The van der Waals surface area contributed by atoms with Gasteiger partial charge in [0.15, 0.2) is 0 Å². The van der Waals surface area contributed by atoms with Crippen molar-refractivity contribution < 1.29 is 13.6 Å². The van der Waals surface area contributed by atoms with Gasteiger partial charge in [0.05, 0.1) is 16.6 Å². The molecule has 2 heterocycles. The number of hydrogen-bond donors (Lipinski definition) is 1. The topological polar surface area (TPSA) is 75.4 Å². The van der Waals surface area contributed by atoms with Crippen molar-refractivity contribution in [1.82, 2.24) is 14.9 Å². The highest BCUT2D eigenvalue weighted by atomic mass is 35.5. The molecular weight excluding hydrogens is 412 g/mol. The lowest BCUT2D eigenvalue weighted by molar-refractivity contribution is -0.132. The highest BCUT2D eigenvalue weighted by Crippen LogP contribution is 2.44. The number of halogens is 3. The number of hydrogen-bond acceptors (Lipinski definition) is 5. The number of anilines is 1. The molecule has 160 valence electrons. The van der Waals surface area contributed by atoms with E-state index in [2.05, 4.69) is 14.9 Å². The Morgan fingerprint density at radius 1 is 1.30 bits per heavy atom. The highest BCUT2D eigenvalue weighted by molar-refractivity contribution is 6.30. The van der Waals surface area contributed by atoms with Gasteiger partial charge in [0.2, 0.25) is 5.91 Å². The third-order valence-corrected chi connectivity index (χ3v) is 6.32. The summed E-state index contributed by atoms with van der Waals surface area (Å²) >= 11 is 5.75. The van der Waals surface area contributed by atoms with Gasteiger partial charge in [-0.15, -0.1) is 0 Å². The van der Waals surface area contributed by atoms with E-state index in [1.54, 1.807) is 11.0 Å². The van der Waals surface area contributed by atoms with E-state index in [0.717, 1.165) is 11.4 Å². The molecule has 0 radical (unpaired) electrons. The SMILES string of the molecule is C[C@@H]1C[C@@H](F)c2ncnc(N3CCN(C(=O)C(CN)c4ccc(Cl)c(F)c4)CC3)c21. The zero-order valence-corrected chi connectivity index (χ0v) is 17.4. The highest BCUT2D eigenvalue weighted by Gasteiger charge is 2.35. The molecule has 1 fully saturated rings. The van der Waals surface area contributed by atoms with Crippen LogP contribution in [0.15, 0.2) is 24.5 Å². The fourth-order valence-electron chi connectivity index (χ4n) is 4.38. The summed E-state index contributed by atoms with van der Waals surface area (Å²) in [5.41, 5.74) is 7.72.